The molecule has 4 heteroatoms. The van der Waals surface area contributed by atoms with E-state index in [9.17, 15) is 9.18 Å². The molecule has 2 heterocycles. The zero-order chi connectivity index (χ0) is 11.1. The summed E-state index contributed by atoms with van der Waals surface area (Å²) in [7, 11) is 0. The molecule has 1 aromatic carbocycles. The zero-order valence-electron chi connectivity index (χ0n) is 8.20. The number of fused-ring (bicyclic) bond motifs is 3. The van der Waals surface area contributed by atoms with Gasteiger partial charge in [-0.2, -0.15) is 0 Å². The van der Waals surface area contributed by atoms with Gasteiger partial charge in [-0.15, -0.1) is 0 Å². The number of aromatic amines is 1. The van der Waals surface area contributed by atoms with Crippen molar-refractivity contribution < 1.29 is 4.39 Å². The number of hydrogen-bond donors (Lipinski definition) is 1. The van der Waals surface area contributed by atoms with Gasteiger partial charge in [-0.05, 0) is 29.7 Å². The molecule has 0 aliphatic rings. The average Bonchev–Trinajstić information content (AvgIpc) is 2.31. The van der Waals surface area contributed by atoms with E-state index in [1.54, 1.807) is 18.3 Å². The lowest BCUT2D eigenvalue weighted by Crippen LogP contribution is -2.06. The highest BCUT2D eigenvalue weighted by atomic mass is 19.1. The summed E-state index contributed by atoms with van der Waals surface area (Å²) >= 11 is 0. The number of halogens is 1. The van der Waals surface area contributed by atoms with Crippen LogP contribution in [0, 0.1) is 5.82 Å². The fourth-order valence-electron chi connectivity index (χ4n) is 1.85. The molecular weight excluding hydrogens is 207 g/mol. The van der Waals surface area contributed by atoms with Gasteiger partial charge in [-0.25, -0.2) is 4.39 Å². The Morgan fingerprint density at radius 3 is 2.88 bits per heavy atom. The molecule has 3 nitrogen and oxygen atoms in total. The van der Waals surface area contributed by atoms with E-state index in [1.807, 2.05) is 0 Å². The van der Waals surface area contributed by atoms with Gasteiger partial charge in [0.1, 0.15) is 5.82 Å². The van der Waals surface area contributed by atoms with Crippen molar-refractivity contribution >= 4 is 21.7 Å². The lowest BCUT2D eigenvalue weighted by Gasteiger charge is -2.02. The summed E-state index contributed by atoms with van der Waals surface area (Å²) in [5, 5.41) is 1.88. The molecule has 0 bridgehead atoms. The maximum Gasteiger partial charge on any atom is 0.257 e. The molecule has 0 aliphatic carbocycles. The summed E-state index contributed by atoms with van der Waals surface area (Å²) in [6, 6.07) is 6.01. The normalized spacial score (nSPS) is 11.1. The van der Waals surface area contributed by atoms with Crippen molar-refractivity contribution in [1.29, 1.82) is 0 Å². The molecule has 0 fully saturated rings. The molecule has 0 amide bonds. The number of benzene rings is 1. The predicted octanol–water partition coefficient (Wildman–Crippen LogP) is 2.22. The van der Waals surface area contributed by atoms with Crippen molar-refractivity contribution in [2.75, 3.05) is 0 Å². The Morgan fingerprint density at radius 1 is 1.12 bits per heavy atom. The van der Waals surface area contributed by atoms with Gasteiger partial charge in [-0.1, -0.05) is 0 Å². The van der Waals surface area contributed by atoms with Crippen LogP contribution in [-0.4, -0.2) is 9.97 Å². The van der Waals surface area contributed by atoms with Crippen molar-refractivity contribution in [1.82, 2.24) is 9.97 Å². The summed E-state index contributed by atoms with van der Waals surface area (Å²) in [5.74, 6) is -0.322. The van der Waals surface area contributed by atoms with Crippen molar-refractivity contribution in [3.63, 3.8) is 0 Å². The maximum absolute atomic E-state index is 13.2. The van der Waals surface area contributed by atoms with E-state index in [0.29, 0.717) is 21.7 Å². The molecule has 0 saturated carbocycles. The van der Waals surface area contributed by atoms with Crippen molar-refractivity contribution in [2.45, 2.75) is 0 Å². The molecule has 0 unspecified atom stereocenters. The highest BCUT2D eigenvalue weighted by molar-refractivity contribution is 6.04. The number of hydrogen-bond acceptors (Lipinski definition) is 2. The molecule has 16 heavy (non-hydrogen) atoms. The highest BCUT2D eigenvalue weighted by Crippen LogP contribution is 2.20. The monoisotopic (exact) mass is 214 g/mol. The maximum atomic E-state index is 13.2. The molecule has 3 rings (SSSR count). The first-order valence-electron chi connectivity index (χ1n) is 4.81. The quantitative estimate of drug-likeness (QED) is 0.583. The van der Waals surface area contributed by atoms with Gasteiger partial charge in [0.2, 0.25) is 0 Å². The molecule has 0 radical (unpaired) electrons. The molecule has 0 atom stereocenters. The molecule has 0 aliphatic heterocycles. The highest BCUT2D eigenvalue weighted by Gasteiger charge is 2.05. The van der Waals surface area contributed by atoms with Crippen molar-refractivity contribution in [2.24, 2.45) is 0 Å². The van der Waals surface area contributed by atoms with Crippen LogP contribution in [0.3, 0.4) is 0 Å². The van der Waals surface area contributed by atoms with Gasteiger partial charge >= 0.3 is 0 Å². The Bertz CT molecular complexity index is 749. The second-order valence-corrected chi connectivity index (χ2v) is 3.57. The Morgan fingerprint density at radius 2 is 2.00 bits per heavy atom. The van der Waals surface area contributed by atoms with Gasteiger partial charge in [-0.3, -0.25) is 9.78 Å². The first-order chi connectivity index (χ1) is 7.75. The van der Waals surface area contributed by atoms with E-state index in [4.69, 9.17) is 0 Å². The largest absolute Gasteiger partial charge is 0.321 e. The Kier molecular flexibility index (Phi) is 1.77. The summed E-state index contributed by atoms with van der Waals surface area (Å²) in [4.78, 5) is 18.3. The molecule has 3 aromatic rings. The summed E-state index contributed by atoms with van der Waals surface area (Å²) in [5.41, 5.74) is 0.423. The number of pyridine rings is 2. The summed E-state index contributed by atoms with van der Waals surface area (Å²) in [6.07, 6.45) is 3.07. The molecule has 1 N–H and O–H groups in total. The molecule has 2 aromatic heterocycles. The first kappa shape index (κ1) is 9.03. The van der Waals surface area contributed by atoms with E-state index < -0.39 is 0 Å². The third kappa shape index (κ3) is 1.20. The number of aromatic nitrogens is 2. The van der Waals surface area contributed by atoms with Gasteiger partial charge in [0, 0.05) is 23.3 Å². The first-order valence-corrected chi connectivity index (χ1v) is 4.81. The van der Waals surface area contributed by atoms with E-state index in [-0.39, 0.29) is 11.4 Å². The summed E-state index contributed by atoms with van der Waals surface area (Å²) < 4.78 is 13.2. The Labute approximate surface area is 89.6 Å². The predicted molar refractivity (Wildman–Crippen MR) is 59.8 cm³/mol. The number of H-pyrrole nitrogens is 1. The average molecular weight is 214 g/mol. The van der Waals surface area contributed by atoms with Crippen LogP contribution in [0.15, 0.2) is 41.5 Å². The van der Waals surface area contributed by atoms with Crippen LogP contribution in [0.1, 0.15) is 0 Å². The Balaban J connectivity index is 2.66. The standard InChI is InChI=1S/C12H7FN2O/c13-7-1-2-11-9(5-7)8-3-4-14-6-10(8)12(16)15-11/h1-6H,(H,15,16). The lowest BCUT2D eigenvalue weighted by molar-refractivity contribution is 0.629. The number of rotatable bonds is 0. The minimum absolute atomic E-state index is 0.206. The fraction of sp³-hybridized carbons (Fsp3) is 0. The van der Waals surface area contributed by atoms with Crippen LogP contribution in [0.2, 0.25) is 0 Å². The SMILES string of the molecule is O=c1[nH]c2ccc(F)cc2c2ccncc12. The zero-order valence-corrected chi connectivity index (χ0v) is 8.20. The van der Waals surface area contributed by atoms with Gasteiger partial charge in [0.15, 0.2) is 0 Å². The smallest absolute Gasteiger partial charge is 0.257 e. The van der Waals surface area contributed by atoms with E-state index in [2.05, 4.69) is 9.97 Å². The molecule has 78 valence electrons. The van der Waals surface area contributed by atoms with Crippen molar-refractivity contribution in [3.8, 4) is 0 Å². The fourth-order valence-corrected chi connectivity index (χ4v) is 1.85. The third-order valence-corrected chi connectivity index (χ3v) is 2.59. The van der Waals surface area contributed by atoms with Crippen LogP contribution in [0.5, 0.6) is 0 Å². The van der Waals surface area contributed by atoms with Crippen LogP contribution < -0.4 is 5.56 Å². The minimum atomic E-state index is -0.322. The van der Waals surface area contributed by atoms with Crippen molar-refractivity contribution in [3.05, 3.63) is 52.8 Å². The topological polar surface area (TPSA) is 45.8 Å². The lowest BCUT2D eigenvalue weighted by atomic mass is 10.1. The Hall–Kier alpha value is -2.23. The second-order valence-electron chi connectivity index (χ2n) is 3.57. The van der Waals surface area contributed by atoms with E-state index in [0.717, 1.165) is 0 Å². The third-order valence-electron chi connectivity index (χ3n) is 2.59. The van der Waals surface area contributed by atoms with Crippen LogP contribution in [0.4, 0.5) is 4.39 Å². The van der Waals surface area contributed by atoms with E-state index >= 15 is 0 Å². The summed E-state index contributed by atoms with van der Waals surface area (Å²) in [6.45, 7) is 0. The van der Waals surface area contributed by atoms with Gasteiger partial charge < -0.3 is 4.98 Å². The molecular formula is C12H7FN2O. The second kappa shape index (κ2) is 3.13. The van der Waals surface area contributed by atoms with Crippen LogP contribution >= 0.6 is 0 Å². The van der Waals surface area contributed by atoms with E-state index in [1.165, 1.54) is 18.3 Å². The number of nitrogens with one attached hydrogen (secondary N) is 1. The van der Waals surface area contributed by atoms with Crippen LogP contribution in [-0.2, 0) is 0 Å². The van der Waals surface area contributed by atoms with Crippen LogP contribution in [0.25, 0.3) is 21.7 Å². The number of nitrogens with zero attached hydrogens (tertiary/aromatic N) is 1. The molecule has 0 saturated heterocycles. The molecule has 0 spiro atoms. The van der Waals surface area contributed by atoms with Gasteiger partial charge in [0.05, 0.1) is 5.39 Å². The minimum Gasteiger partial charge on any atom is -0.321 e. The van der Waals surface area contributed by atoms with Gasteiger partial charge in [0.25, 0.3) is 5.56 Å².